The van der Waals surface area contributed by atoms with Crippen molar-refractivity contribution < 1.29 is 4.92 Å². The Balaban J connectivity index is 2.79. The highest BCUT2D eigenvalue weighted by Gasteiger charge is 2.16. The molecule has 1 aromatic heterocycles. The summed E-state index contributed by atoms with van der Waals surface area (Å²) in [5.74, 6) is 0.504. The van der Waals surface area contributed by atoms with Crippen LogP contribution in [0.25, 0.3) is 0 Å². The van der Waals surface area contributed by atoms with E-state index in [1.807, 2.05) is 6.07 Å². The standard InChI is InChI=1S/C14H23N3O2/c1-5-6-15-13(10(2)3)8-12-7-11(4)14(9-16-12)17(18)19/h7,9-10,13,15H,5-6,8H2,1-4H3. The van der Waals surface area contributed by atoms with E-state index in [9.17, 15) is 10.1 Å². The molecule has 1 unspecified atom stereocenters. The number of nitrogens with one attached hydrogen (secondary N) is 1. The van der Waals surface area contributed by atoms with Crippen LogP contribution in [0.3, 0.4) is 0 Å². The van der Waals surface area contributed by atoms with Crippen molar-refractivity contribution in [2.45, 2.75) is 46.6 Å². The largest absolute Gasteiger partial charge is 0.313 e. The number of nitrogens with zero attached hydrogens (tertiary/aromatic N) is 2. The second-order valence-electron chi connectivity index (χ2n) is 5.23. The predicted molar refractivity (Wildman–Crippen MR) is 76.3 cm³/mol. The minimum atomic E-state index is -0.388. The van der Waals surface area contributed by atoms with E-state index in [-0.39, 0.29) is 10.6 Å². The molecule has 0 aliphatic carbocycles. The average molecular weight is 265 g/mol. The molecule has 0 amide bonds. The van der Waals surface area contributed by atoms with Crippen LogP contribution >= 0.6 is 0 Å². The van der Waals surface area contributed by atoms with Crippen LogP contribution in [0.15, 0.2) is 12.3 Å². The van der Waals surface area contributed by atoms with Crippen molar-refractivity contribution in [3.05, 3.63) is 33.6 Å². The Kier molecular flexibility index (Phi) is 5.89. The van der Waals surface area contributed by atoms with Gasteiger partial charge in [0.05, 0.1) is 4.92 Å². The third kappa shape index (κ3) is 4.59. The fraction of sp³-hybridized carbons (Fsp3) is 0.643. The van der Waals surface area contributed by atoms with Gasteiger partial charge in [0.15, 0.2) is 0 Å². The Morgan fingerprint density at radius 2 is 2.16 bits per heavy atom. The van der Waals surface area contributed by atoms with Crippen LogP contribution in [0.2, 0.25) is 0 Å². The molecule has 1 aromatic rings. The van der Waals surface area contributed by atoms with Crippen LogP contribution in [-0.2, 0) is 6.42 Å². The van der Waals surface area contributed by atoms with Crippen molar-refractivity contribution in [2.24, 2.45) is 5.92 Å². The lowest BCUT2D eigenvalue weighted by molar-refractivity contribution is -0.385. The van der Waals surface area contributed by atoms with Crippen molar-refractivity contribution in [1.29, 1.82) is 0 Å². The molecule has 0 fully saturated rings. The Morgan fingerprint density at radius 1 is 1.47 bits per heavy atom. The SMILES string of the molecule is CCCNC(Cc1cc(C)c([N+](=O)[O-])cn1)C(C)C. The molecule has 106 valence electrons. The van der Waals surface area contributed by atoms with Crippen LogP contribution in [0.5, 0.6) is 0 Å². The van der Waals surface area contributed by atoms with Crippen LogP contribution in [-0.4, -0.2) is 22.5 Å². The summed E-state index contributed by atoms with van der Waals surface area (Å²) in [7, 11) is 0. The maximum atomic E-state index is 10.8. The van der Waals surface area contributed by atoms with Crippen LogP contribution in [0.4, 0.5) is 5.69 Å². The van der Waals surface area contributed by atoms with Crippen molar-refractivity contribution >= 4 is 5.69 Å². The highest BCUT2D eigenvalue weighted by Crippen LogP contribution is 2.18. The van der Waals surface area contributed by atoms with E-state index < -0.39 is 0 Å². The molecule has 19 heavy (non-hydrogen) atoms. The summed E-state index contributed by atoms with van der Waals surface area (Å²) in [6.45, 7) is 9.22. The number of hydrogen-bond donors (Lipinski definition) is 1. The molecule has 0 saturated heterocycles. The van der Waals surface area contributed by atoms with Gasteiger partial charge in [-0.1, -0.05) is 20.8 Å². The number of pyridine rings is 1. The predicted octanol–water partition coefficient (Wildman–Crippen LogP) is 2.86. The van der Waals surface area contributed by atoms with Crippen molar-refractivity contribution in [2.75, 3.05) is 6.54 Å². The van der Waals surface area contributed by atoms with E-state index in [2.05, 4.69) is 31.1 Å². The van der Waals surface area contributed by atoms with Gasteiger partial charge in [-0.25, -0.2) is 0 Å². The lowest BCUT2D eigenvalue weighted by Crippen LogP contribution is -2.36. The van der Waals surface area contributed by atoms with Crippen LogP contribution in [0, 0.1) is 23.0 Å². The van der Waals surface area contributed by atoms with Crippen LogP contribution in [0.1, 0.15) is 38.4 Å². The van der Waals surface area contributed by atoms with Gasteiger partial charge in [-0.15, -0.1) is 0 Å². The number of aromatic nitrogens is 1. The maximum absolute atomic E-state index is 10.8. The monoisotopic (exact) mass is 265 g/mol. The third-order valence-electron chi connectivity index (χ3n) is 3.23. The fourth-order valence-electron chi connectivity index (χ4n) is 2.01. The van der Waals surface area contributed by atoms with Gasteiger partial charge < -0.3 is 5.32 Å². The van der Waals surface area contributed by atoms with Gasteiger partial charge in [-0.2, -0.15) is 0 Å². The van der Waals surface area contributed by atoms with Crippen molar-refractivity contribution in [3.8, 4) is 0 Å². The molecular formula is C14H23N3O2. The minimum absolute atomic E-state index is 0.0892. The Morgan fingerprint density at radius 3 is 2.63 bits per heavy atom. The zero-order valence-corrected chi connectivity index (χ0v) is 12.1. The number of hydrogen-bond acceptors (Lipinski definition) is 4. The molecule has 1 heterocycles. The second kappa shape index (κ2) is 7.19. The molecule has 0 radical (unpaired) electrons. The zero-order valence-electron chi connectivity index (χ0n) is 12.1. The molecule has 1 N–H and O–H groups in total. The maximum Gasteiger partial charge on any atom is 0.290 e. The first kappa shape index (κ1) is 15.6. The highest BCUT2D eigenvalue weighted by atomic mass is 16.6. The third-order valence-corrected chi connectivity index (χ3v) is 3.23. The normalized spacial score (nSPS) is 12.7. The van der Waals surface area contributed by atoms with E-state index in [0.717, 1.165) is 25.1 Å². The molecule has 0 aromatic carbocycles. The van der Waals surface area contributed by atoms with Crippen molar-refractivity contribution in [1.82, 2.24) is 10.3 Å². The van der Waals surface area contributed by atoms with Gasteiger partial charge in [-0.05, 0) is 31.9 Å². The Hall–Kier alpha value is -1.49. The molecule has 5 heteroatoms. The molecule has 0 aliphatic heterocycles. The first-order valence-electron chi connectivity index (χ1n) is 6.79. The van der Waals surface area contributed by atoms with E-state index in [1.54, 1.807) is 6.92 Å². The Labute approximate surface area is 114 Å². The number of aryl methyl sites for hydroxylation is 1. The summed E-state index contributed by atoms with van der Waals surface area (Å²) in [6, 6.07) is 2.18. The van der Waals surface area contributed by atoms with Gasteiger partial charge in [0.1, 0.15) is 6.20 Å². The average Bonchev–Trinajstić information content (AvgIpc) is 2.33. The first-order valence-corrected chi connectivity index (χ1v) is 6.79. The topological polar surface area (TPSA) is 68.1 Å². The van der Waals surface area contributed by atoms with Gasteiger partial charge in [0.2, 0.25) is 0 Å². The summed E-state index contributed by atoms with van der Waals surface area (Å²) >= 11 is 0. The second-order valence-corrected chi connectivity index (χ2v) is 5.23. The van der Waals surface area contributed by atoms with E-state index in [4.69, 9.17) is 0 Å². The van der Waals surface area contributed by atoms with Crippen molar-refractivity contribution in [3.63, 3.8) is 0 Å². The fourth-order valence-corrected chi connectivity index (χ4v) is 2.01. The molecule has 1 rings (SSSR count). The van der Waals surface area contributed by atoms with E-state index in [0.29, 0.717) is 17.5 Å². The molecular weight excluding hydrogens is 242 g/mol. The summed E-state index contributed by atoms with van der Waals surface area (Å²) in [4.78, 5) is 14.6. The zero-order chi connectivity index (χ0) is 14.4. The lowest BCUT2D eigenvalue weighted by Gasteiger charge is -2.22. The lowest BCUT2D eigenvalue weighted by atomic mass is 9.98. The summed E-state index contributed by atoms with van der Waals surface area (Å²) in [5, 5.41) is 14.3. The molecule has 0 saturated carbocycles. The van der Waals surface area contributed by atoms with E-state index in [1.165, 1.54) is 6.20 Å². The summed E-state index contributed by atoms with van der Waals surface area (Å²) < 4.78 is 0. The number of nitro groups is 1. The molecule has 0 bridgehead atoms. The molecule has 1 atom stereocenters. The van der Waals surface area contributed by atoms with E-state index >= 15 is 0 Å². The smallest absolute Gasteiger partial charge is 0.290 e. The van der Waals surface area contributed by atoms with Crippen LogP contribution < -0.4 is 5.32 Å². The number of rotatable bonds is 7. The van der Waals surface area contributed by atoms with Gasteiger partial charge >= 0.3 is 0 Å². The highest BCUT2D eigenvalue weighted by molar-refractivity contribution is 5.37. The molecule has 0 spiro atoms. The first-order chi connectivity index (χ1) is 8.95. The van der Waals surface area contributed by atoms with Gasteiger partial charge in [0.25, 0.3) is 5.69 Å². The Bertz CT molecular complexity index is 433. The molecule has 0 aliphatic rings. The summed E-state index contributed by atoms with van der Waals surface area (Å²) in [6.07, 6.45) is 3.26. The summed E-state index contributed by atoms with van der Waals surface area (Å²) in [5.41, 5.74) is 1.67. The minimum Gasteiger partial charge on any atom is -0.313 e. The van der Waals surface area contributed by atoms with Gasteiger partial charge in [-0.3, -0.25) is 15.1 Å². The van der Waals surface area contributed by atoms with Gasteiger partial charge in [0, 0.05) is 23.7 Å². The quantitative estimate of drug-likeness (QED) is 0.608. The molecule has 5 nitrogen and oxygen atoms in total.